The Morgan fingerprint density at radius 3 is 1.89 bits per heavy atom. The second kappa shape index (κ2) is 11.5. The molecule has 3 atom stereocenters. The van der Waals surface area contributed by atoms with Crippen LogP contribution in [0.2, 0.25) is 0 Å². The van der Waals surface area contributed by atoms with Crippen molar-refractivity contribution in [3.8, 4) is 22.8 Å². The van der Waals surface area contributed by atoms with Crippen LogP contribution in [0.1, 0.15) is 56.5 Å². The fourth-order valence-electron chi connectivity index (χ4n) is 4.68. The molecule has 4 rings (SSSR count). The zero-order chi connectivity index (χ0) is 25.7. The molecule has 0 amide bonds. The summed E-state index contributed by atoms with van der Waals surface area (Å²) in [5.74, 6) is 1.27. The lowest BCUT2D eigenvalue weighted by molar-refractivity contribution is -0.117. The summed E-state index contributed by atoms with van der Waals surface area (Å²) in [4.78, 5) is 28.1. The van der Waals surface area contributed by atoms with E-state index >= 15 is 0 Å². The predicted octanol–water partition coefficient (Wildman–Crippen LogP) is 6.54. The van der Waals surface area contributed by atoms with E-state index in [1.54, 1.807) is 6.92 Å². The van der Waals surface area contributed by atoms with Crippen molar-refractivity contribution in [1.29, 1.82) is 0 Å². The number of carbonyl (C=O) groups is 1. The fraction of sp³-hybridized carbons (Fsp3) is 0.355. The van der Waals surface area contributed by atoms with Crippen LogP contribution < -0.4 is 0 Å². The summed E-state index contributed by atoms with van der Waals surface area (Å²) < 4.78 is 0. The Balaban J connectivity index is 1.76. The Labute approximate surface area is 214 Å². The second-order valence-electron chi connectivity index (χ2n) is 9.88. The average molecular weight is 482 g/mol. The van der Waals surface area contributed by atoms with E-state index in [2.05, 4.69) is 6.92 Å². The largest absolute Gasteiger partial charge is 0.393 e. The first-order valence-electron chi connectivity index (χ1n) is 12.9. The van der Waals surface area contributed by atoms with Crippen molar-refractivity contribution >= 4 is 11.4 Å². The molecule has 0 spiro atoms. The number of aliphatic hydroxyl groups is 1. The lowest BCUT2D eigenvalue weighted by atomic mass is 9.77. The fourth-order valence-corrected chi connectivity index (χ4v) is 4.68. The number of hydrogen-bond donors (Lipinski definition) is 1. The van der Waals surface area contributed by atoms with Crippen molar-refractivity contribution in [1.82, 2.24) is 15.0 Å². The van der Waals surface area contributed by atoms with E-state index in [-0.39, 0.29) is 17.6 Å². The molecule has 1 heterocycles. The Kier molecular flexibility index (Phi) is 8.21. The van der Waals surface area contributed by atoms with E-state index in [9.17, 15) is 9.90 Å². The zero-order valence-corrected chi connectivity index (χ0v) is 21.6. The first kappa shape index (κ1) is 25.6. The molecule has 36 heavy (non-hydrogen) atoms. The van der Waals surface area contributed by atoms with Crippen LogP contribution in [0, 0.1) is 25.7 Å². The van der Waals surface area contributed by atoms with Crippen LogP contribution in [0.15, 0.2) is 66.8 Å². The number of aryl methyl sites for hydroxylation is 2. The number of aliphatic hydroxyl groups excluding tert-OH is 1. The van der Waals surface area contributed by atoms with Crippen molar-refractivity contribution in [2.24, 2.45) is 11.8 Å². The number of carbonyl (C=O) groups excluding carboxylic acids is 1. The molecule has 1 aromatic heterocycles. The van der Waals surface area contributed by atoms with Crippen molar-refractivity contribution in [3.05, 3.63) is 83.7 Å². The molecule has 0 fully saturated rings. The van der Waals surface area contributed by atoms with Crippen LogP contribution >= 0.6 is 0 Å². The number of Topliss-reactive ketones (excluding diaryl/α,β-unsaturated/α-hetero) is 1. The minimum Gasteiger partial charge on any atom is -0.393 e. The molecular formula is C31H35N3O2. The van der Waals surface area contributed by atoms with Gasteiger partial charge in [0.15, 0.2) is 23.3 Å². The molecule has 3 aromatic rings. The highest BCUT2D eigenvalue weighted by molar-refractivity contribution is 6.22. The summed E-state index contributed by atoms with van der Waals surface area (Å²) in [5.41, 5.74) is 4.56. The summed E-state index contributed by atoms with van der Waals surface area (Å²) >= 11 is 0. The van der Waals surface area contributed by atoms with E-state index in [4.69, 9.17) is 15.0 Å². The molecule has 5 heteroatoms. The normalized spacial score (nSPS) is 17.1. The van der Waals surface area contributed by atoms with E-state index in [0.29, 0.717) is 29.5 Å². The minimum absolute atomic E-state index is 0.00941. The molecule has 5 nitrogen and oxygen atoms in total. The standard InChI is InChI=1S/C31H35N3O2/c1-5-6-8-25(19-22(4)35)26-9-7-10-27(28(26)36)31-33-29(23-15-11-20(2)12-16-23)32-30(34-31)24-17-13-21(3)14-18-24/h7,9-18,22,25-26,35H,5-6,8,19H2,1-4H3. The highest BCUT2D eigenvalue weighted by Crippen LogP contribution is 2.33. The van der Waals surface area contributed by atoms with Gasteiger partial charge >= 0.3 is 0 Å². The summed E-state index contributed by atoms with van der Waals surface area (Å²) in [7, 11) is 0. The van der Waals surface area contributed by atoms with Crippen LogP contribution in [0.4, 0.5) is 0 Å². The van der Waals surface area contributed by atoms with Gasteiger partial charge in [0, 0.05) is 17.0 Å². The Bertz CT molecular complexity index is 1190. The summed E-state index contributed by atoms with van der Waals surface area (Å²) in [6, 6.07) is 16.1. The van der Waals surface area contributed by atoms with Gasteiger partial charge in [-0.25, -0.2) is 15.0 Å². The third kappa shape index (κ3) is 6.03. The van der Waals surface area contributed by atoms with Gasteiger partial charge in [0.2, 0.25) is 0 Å². The number of unbranched alkanes of at least 4 members (excludes halogenated alkanes) is 1. The number of benzene rings is 2. The maximum atomic E-state index is 13.8. The third-order valence-corrected chi connectivity index (χ3v) is 6.73. The third-order valence-electron chi connectivity index (χ3n) is 6.73. The van der Waals surface area contributed by atoms with Gasteiger partial charge in [0.05, 0.1) is 11.7 Å². The molecule has 0 radical (unpaired) electrons. The van der Waals surface area contributed by atoms with Crippen molar-refractivity contribution in [2.45, 2.75) is 59.5 Å². The smallest absolute Gasteiger partial charge is 0.173 e. The molecule has 1 aliphatic carbocycles. The first-order valence-corrected chi connectivity index (χ1v) is 12.9. The summed E-state index contributed by atoms with van der Waals surface area (Å²) in [5, 5.41) is 10.1. The molecule has 0 aliphatic heterocycles. The number of nitrogens with zero attached hydrogens (tertiary/aromatic N) is 3. The molecule has 2 aromatic carbocycles. The van der Waals surface area contributed by atoms with Crippen molar-refractivity contribution in [2.75, 3.05) is 0 Å². The van der Waals surface area contributed by atoms with Crippen molar-refractivity contribution in [3.63, 3.8) is 0 Å². The van der Waals surface area contributed by atoms with Gasteiger partial charge < -0.3 is 5.11 Å². The quantitative estimate of drug-likeness (QED) is 0.376. The number of rotatable bonds is 9. The highest BCUT2D eigenvalue weighted by Gasteiger charge is 2.32. The second-order valence-corrected chi connectivity index (χ2v) is 9.88. The monoisotopic (exact) mass is 481 g/mol. The van der Waals surface area contributed by atoms with E-state index in [0.717, 1.165) is 41.5 Å². The number of ketones is 1. The maximum absolute atomic E-state index is 13.8. The van der Waals surface area contributed by atoms with Gasteiger partial charge in [0.25, 0.3) is 0 Å². The van der Waals surface area contributed by atoms with E-state index in [1.165, 1.54) is 0 Å². The molecular weight excluding hydrogens is 446 g/mol. The molecule has 1 aliphatic rings. The van der Waals surface area contributed by atoms with Gasteiger partial charge in [-0.2, -0.15) is 0 Å². The summed E-state index contributed by atoms with van der Waals surface area (Å²) in [6.07, 6.45) is 8.82. The van der Waals surface area contributed by atoms with Crippen LogP contribution in [0.3, 0.4) is 0 Å². The van der Waals surface area contributed by atoms with E-state index < -0.39 is 6.10 Å². The molecule has 0 bridgehead atoms. The Morgan fingerprint density at radius 2 is 1.39 bits per heavy atom. The average Bonchev–Trinajstić information content (AvgIpc) is 2.87. The minimum atomic E-state index is -0.458. The van der Waals surface area contributed by atoms with Gasteiger partial charge in [-0.1, -0.05) is 91.6 Å². The SMILES string of the molecule is CCCCC(CC(C)O)C1C=CC=C(c2nc(-c3ccc(C)cc3)nc(-c3ccc(C)cc3)n2)C1=O. The molecule has 0 saturated heterocycles. The van der Waals surface area contributed by atoms with Crippen LogP contribution in [-0.4, -0.2) is 31.9 Å². The zero-order valence-electron chi connectivity index (χ0n) is 21.6. The molecule has 186 valence electrons. The van der Waals surface area contributed by atoms with Crippen molar-refractivity contribution < 1.29 is 9.90 Å². The van der Waals surface area contributed by atoms with Gasteiger partial charge in [-0.3, -0.25) is 4.79 Å². The van der Waals surface area contributed by atoms with Crippen LogP contribution in [0.5, 0.6) is 0 Å². The maximum Gasteiger partial charge on any atom is 0.173 e. The van der Waals surface area contributed by atoms with Crippen LogP contribution in [0.25, 0.3) is 28.3 Å². The topological polar surface area (TPSA) is 76.0 Å². The first-order chi connectivity index (χ1) is 17.4. The Hall–Kier alpha value is -3.44. The molecule has 1 N–H and O–H groups in total. The lowest BCUT2D eigenvalue weighted by Gasteiger charge is -2.27. The Morgan fingerprint density at radius 1 is 0.861 bits per heavy atom. The lowest BCUT2D eigenvalue weighted by Crippen LogP contribution is -2.28. The van der Waals surface area contributed by atoms with Crippen LogP contribution in [-0.2, 0) is 4.79 Å². The van der Waals surface area contributed by atoms with Gasteiger partial charge in [-0.15, -0.1) is 0 Å². The molecule has 0 saturated carbocycles. The number of aromatic nitrogens is 3. The van der Waals surface area contributed by atoms with Gasteiger partial charge in [0.1, 0.15) is 0 Å². The number of hydrogen-bond acceptors (Lipinski definition) is 5. The predicted molar refractivity (Wildman–Crippen MR) is 145 cm³/mol. The van der Waals surface area contributed by atoms with Gasteiger partial charge in [-0.05, 0) is 45.6 Å². The van der Waals surface area contributed by atoms with E-state index in [1.807, 2.05) is 80.6 Å². The molecule has 3 unspecified atom stereocenters. The highest BCUT2D eigenvalue weighted by atomic mass is 16.3. The summed E-state index contributed by atoms with van der Waals surface area (Å²) in [6.45, 7) is 8.02. The number of allylic oxidation sites excluding steroid dienone is 4.